The Morgan fingerprint density at radius 3 is 2.56 bits per heavy atom. The fourth-order valence-electron chi connectivity index (χ4n) is 7.41. The Morgan fingerprint density at radius 1 is 1.13 bits per heavy atom. The number of carbonyl (C=O) groups is 3. The molecule has 0 aromatic heterocycles. The minimum Gasteiger partial charge on any atom is -0.493 e. The van der Waals surface area contributed by atoms with Crippen LogP contribution in [0.15, 0.2) is 54.3 Å². The summed E-state index contributed by atoms with van der Waals surface area (Å²) in [4.78, 5) is 41.6. The standard InChI is InChI=1S/C34H40N2O9/c1-19(35-29(37)26(20-10-8-7-9-11-20)44-31(39)45-32(2,3)4)30(38)42-23-14-15-34(40)24-18-21-12-13-22(41-6)27-25(21)33(34,28(23)43-27)16-17-36(24)5/h7-14,19,24,26,28,40H,15-18H2,1-6H3,(H,35,37)/t19?,24-,26+,28+,33+,34-/m1/s1. The van der Waals surface area contributed by atoms with E-state index in [0.29, 0.717) is 29.9 Å². The summed E-state index contributed by atoms with van der Waals surface area (Å²) in [6.07, 6.45) is 0.100. The topological polar surface area (TPSA) is 133 Å². The first kappa shape index (κ1) is 30.9. The van der Waals surface area contributed by atoms with Gasteiger partial charge in [0.2, 0.25) is 6.10 Å². The van der Waals surface area contributed by atoms with Gasteiger partial charge in [0.15, 0.2) is 17.6 Å². The second-order valence-electron chi connectivity index (χ2n) is 13.3. The lowest BCUT2D eigenvalue weighted by Crippen LogP contribution is -2.74. The Hall–Kier alpha value is -4.09. The van der Waals surface area contributed by atoms with E-state index in [4.69, 9.17) is 23.7 Å². The van der Waals surface area contributed by atoms with Crippen molar-refractivity contribution in [2.45, 2.75) is 87.9 Å². The summed E-state index contributed by atoms with van der Waals surface area (Å²) in [6, 6.07) is 11.1. The van der Waals surface area contributed by atoms with Gasteiger partial charge >= 0.3 is 12.1 Å². The molecule has 240 valence electrons. The molecule has 2 aromatic carbocycles. The molecule has 2 bridgehead atoms. The van der Waals surface area contributed by atoms with Crippen molar-refractivity contribution in [2.24, 2.45) is 0 Å². The molecule has 6 rings (SSSR count). The van der Waals surface area contributed by atoms with Crippen LogP contribution >= 0.6 is 0 Å². The van der Waals surface area contributed by atoms with Gasteiger partial charge in [-0.1, -0.05) is 36.4 Å². The summed E-state index contributed by atoms with van der Waals surface area (Å²) < 4.78 is 28.8. The second-order valence-corrected chi connectivity index (χ2v) is 13.3. The van der Waals surface area contributed by atoms with Crippen LogP contribution in [0.3, 0.4) is 0 Å². The third-order valence-electron chi connectivity index (χ3n) is 9.43. The maximum Gasteiger partial charge on any atom is 0.509 e. The van der Waals surface area contributed by atoms with Gasteiger partial charge in [-0.15, -0.1) is 0 Å². The number of hydrogen-bond acceptors (Lipinski definition) is 10. The summed E-state index contributed by atoms with van der Waals surface area (Å²) >= 11 is 0. The van der Waals surface area contributed by atoms with Crippen molar-refractivity contribution in [1.29, 1.82) is 0 Å². The molecule has 4 aliphatic rings. The number of carbonyl (C=O) groups excluding carboxylic acids is 3. The average molecular weight is 621 g/mol. The van der Waals surface area contributed by atoms with Gasteiger partial charge in [-0.05, 0) is 71.8 Å². The molecular weight excluding hydrogens is 580 g/mol. The van der Waals surface area contributed by atoms with Crippen molar-refractivity contribution in [1.82, 2.24) is 10.2 Å². The zero-order chi connectivity index (χ0) is 32.3. The van der Waals surface area contributed by atoms with Crippen LogP contribution in [0.4, 0.5) is 4.79 Å². The van der Waals surface area contributed by atoms with Crippen LogP contribution in [0.2, 0.25) is 0 Å². The van der Waals surface area contributed by atoms with E-state index < -0.39 is 52.9 Å². The number of rotatable bonds is 7. The molecule has 1 saturated heterocycles. The van der Waals surface area contributed by atoms with E-state index in [1.807, 2.05) is 19.2 Å². The van der Waals surface area contributed by atoms with Crippen molar-refractivity contribution >= 4 is 18.0 Å². The van der Waals surface area contributed by atoms with Crippen LogP contribution in [-0.4, -0.2) is 78.1 Å². The zero-order valence-corrected chi connectivity index (χ0v) is 26.4. The Labute approximate surface area is 262 Å². The Bertz CT molecular complexity index is 1550. The number of likely N-dealkylation sites (N-methyl/N-ethyl adjacent to an activating group) is 1. The largest absolute Gasteiger partial charge is 0.509 e. The van der Waals surface area contributed by atoms with Crippen LogP contribution in [0.25, 0.3) is 0 Å². The molecule has 6 atom stereocenters. The average Bonchev–Trinajstić information content (AvgIpc) is 3.34. The molecule has 1 unspecified atom stereocenters. The highest BCUT2D eigenvalue weighted by Gasteiger charge is 2.72. The highest BCUT2D eigenvalue weighted by Crippen LogP contribution is 2.65. The lowest BCUT2D eigenvalue weighted by molar-refractivity contribution is -0.170. The van der Waals surface area contributed by atoms with Crippen LogP contribution in [0.5, 0.6) is 11.5 Å². The minimum absolute atomic E-state index is 0.143. The van der Waals surface area contributed by atoms with E-state index >= 15 is 0 Å². The molecule has 1 spiro atoms. The third kappa shape index (κ3) is 5.02. The highest BCUT2D eigenvalue weighted by atomic mass is 16.7. The quantitative estimate of drug-likeness (QED) is 0.442. The van der Waals surface area contributed by atoms with E-state index in [1.165, 1.54) is 6.92 Å². The van der Waals surface area contributed by atoms with Crippen LogP contribution < -0.4 is 14.8 Å². The number of aliphatic hydroxyl groups is 1. The van der Waals surface area contributed by atoms with Gasteiger partial charge in [0.1, 0.15) is 17.4 Å². The van der Waals surface area contributed by atoms with E-state index in [0.717, 1.165) is 17.7 Å². The van der Waals surface area contributed by atoms with Crippen molar-refractivity contribution in [3.8, 4) is 11.5 Å². The number of benzene rings is 2. The molecule has 2 N–H and O–H groups in total. The number of likely N-dealkylation sites (tertiary alicyclic amines) is 1. The summed E-state index contributed by atoms with van der Waals surface area (Å²) in [6.45, 7) is 7.28. The van der Waals surface area contributed by atoms with Crippen LogP contribution in [0, 0.1) is 0 Å². The SMILES string of the molecule is COc1ccc2c3c1O[C@H]1C(OC(=O)C(C)NC(=O)[C@@H](OC(=O)OC(C)(C)C)c4ccccc4)=CC[C@@]4(O)[C@@H](C2)N(C)CC[C@]314. The smallest absolute Gasteiger partial charge is 0.493 e. The lowest BCUT2D eigenvalue weighted by Gasteiger charge is -2.61. The van der Waals surface area contributed by atoms with E-state index in [9.17, 15) is 19.5 Å². The number of nitrogens with zero attached hydrogens (tertiary/aromatic N) is 1. The van der Waals surface area contributed by atoms with E-state index in [2.05, 4.69) is 10.2 Å². The molecule has 2 aliphatic carbocycles. The molecule has 1 amide bonds. The second kappa shape index (κ2) is 11.1. The Balaban J connectivity index is 1.23. The molecule has 2 heterocycles. The first-order valence-electron chi connectivity index (χ1n) is 15.3. The molecule has 0 radical (unpaired) electrons. The van der Waals surface area contributed by atoms with Crippen LogP contribution in [-0.2, 0) is 35.6 Å². The summed E-state index contributed by atoms with van der Waals surface area (Å²) in [5.74, 6) is -0.0408. The fraction of sp³-hybridized carbons (Fsp3) is 0.500. The number of esters is 1. The normalized spacial score (nSPS) is 27.6. The molecule has 2 aromatic rings. The molecule has 11 heteroatoms. The maximum atomic E-state index is 13.5. The number of methoxy groups -OCH3 is 1. The van der Waals surface area contributed by atoms with E-state index in [-0.39, 0.29) is 18.2 Å². The van der Waals surface area contributed by atoms with Gasteiger partial charge in [0.25, 0.3) is 5.91 Å². The molecule has 11 nitrogen and oxygen atoms in total. The summed E-state index contributed by atoms with van der Waals surface area (Å²) in [5, 5.41) is 15.0. The van der Waals surface area contributed by atoms with Gasteiger partial charge < -0.3 is 39.0 Å². The summed E-state index contributed by atoms with van der Waals surface area (Å²) in [7, 11) is 3.60. The highest BCUT2D eigenvalue weighted by molar-refractivity contribution is 5.89. The predicted molar refractivity (Wildman–Crippen MR) is 162 cm³/mol. The first-order valence-corrected chi connectivity index (χ1v) is 15.3. The number of hydrogen-bond donors (Lipinski definition) is 2. The predicted octanol–water partition coefficient (Wildman–Crippen LogP) is 3.71. The van der Waals surface area contributed by atoms with Crippen LogP contribution in [0.1, 0.15) is 63.3 Å². The number of ether oxygens (including phenoxy) is 5. The van der Waals surface area contributed by atoms with E-state index in [1.54, 1.807) is 64.3 Å². The van der Waals surface area contributed by atoms with Crippen molar-refractivity contribution in [3.05, 3.63) is 71.0 Å². The summed E-state index contributed by atoms with van der Waals surface area (Å²) in [5.41, 5.74) is -0.396. The van der Waals surface area contributed by atoms with Gasteiger partial charge in [-0.3, -0.25) is 4.79 Å². The van der Waals surface area contributed by atoms with Crippen molar-refractivity contribution < 1.29 is 43.2 Å². The van der Waals surface area contributed by atoms with Gasteiger partial charge in [0.05, 0.1) is 18.1 Å². The zero-order valence-electron chi connectivity index (χ0n) is 26.4. The molecule has 0 saturated carbocycles. The molecule has 2 aliphatic heterocycles. The molecule has 1 fully saturated rings. The lowest BCUT2D eigenvalue weighted by atomic mass is 9.50. The first-order chi connectivity index (χ1) is 21.3. The van der Waals surface area contributed by atoms with Gasteiger partial charge in [-0.25, -0.2) is 9.59 Å². The van der Waals surface area contributed by atoms with Gasteiger partial charge in [0, 0.05) is 23.6 Å². The number of nitrogens with one attached hydrogen (secondary N) is 1. The Morgan fingerprint density at radius 2 is 1.87 bits per heavy atom. The minimum atomic E-state index is -1.36. The number of piperidine rings is 1. The Kier molecular flexibility index (Phi) is 7.60. The fourth-order valence-corrected chi connectivity index (χ4v) is 7.41. The van der Waals surface area contributed by atoms with Crippen molar-refractivity contribution in [3.63, 3.8) is 0 Å². The number of amides is 1. The van der Waals surface area contributed by atoms with Crippen molar-refractivity contribution in [2.75, 3.05) is 20.7 Å². The molecule has 45 heavy (non-hydrogen) atoms. The monoisotopic (exact) mass is 620 g/mol. The van der Waals surface area contributed by atoms with Gasteiger partial charge in [-0.2, -0.15) is 0 Å². The third-order valence-corrected chi connectivity index (χ3v) is 9.43. The maximum absolute atomic E-state index is 13.5. The molecular formula is C34H40N2O9.